The van der Waals surface area contributed by atoms with Crippen molar-refractivity contribution in [3.8, 4) is 0 Å². The first-order chi connectivity index (χ1) is 7.90. The Balaban J connectivity index is 2.21. The van der Waals surface area contributed by atoms with E-state index in [1.54, 1.807) is 12.1 Å². The first-order valence-corrected chi connectivity index (χ1v) is 7.48. The predicted molar refractivity (Wildman–Crippen MR) is 68.4 cm³/mol. The van der Waals surface area contributed by atoms with Crippen LogP contribution in [0, 0.1) is 19.8 Å². The maximum Gasteiger partial charge on any atom is 0.240 e. The number of nitrogens with one attached hydrogen (secondary N) is 1. The van der Waals surface area contributed by atoms with Crippen LogP contribution in [0.25, 0.3) is 0 Å². The third kappa shape index (κ3) is 2.87. The fraction of sp³-hybridized carbons (Fsp3) is 0.538. The second-order valence-corrected chi connectivity index (χ2v) is 6.71. The van der Waals surface area contributed by atoms with Gasteiger partial charge in [-0.1, -0.05) is 6.07 Å². The van der Waals surface area contributed by atoms with Gasteiger partial charge in [-0.3, -0.25) is 0 Å². The number of hydrogen-bond donors (Lipinski definition) is 1. The van der Waals surface area contributed by atoms with Gasteiger partial charge in [0.2, 0.25) is 10.0 Å². The van der Waals surface area contributed by atoms with E-state index in [-0.39, 0.29) is 6.04 Å². The summed E-state index contributed by atoms with van der Waals surface area (Å²) in [5.74, 6) is 0.524. The van der Waals surface area contributed by atoms with Gasteiger partial charge in [0.05, 0.1) is 4.90 Å². The molecule has 1 saturated carbocycles. The van der Waals surface area contributed by atoms with Crippen molar-refractivity contribution in [2.75, 3.05) is 0 Å². The zero-order valence-corrected chi connectivity index (χ0v) is 11.3. The first-order valence-electron chi connectivity index (χ1n) is 6.00. The third-order valence-corrected chi connectivity index (χ3v) is 5.02. The number of benzene rings is 1. The molecular weight excluding hydrogens is 234 g/mol. The fourth-order valence-electron chi connectivity index (χ4n) is 1.89. The van der Waals surface area contributed by atoms with Crippen molar-refractivity contribution in [2.24, 2.45) is 5.92 Å². The van der Waals surface area contributed by atoms with Crippen molar-refractivity contribution < 1.29 is 8.42 Å². The molecule has 1 aliphatic rings. The fourth-order valence-corrected chi connectivity index (χ4v) is 3.28. The molecule has 0 bridgehead atoms. The van der Waals surface area contributed by atoms with E-state index in [9.17, 15) is 8.42 Å². The summed E-state index contributed by atoms with van der Waals surface area (Å²) in [6.45, 7) is 5.85. The van der Waals surface area contributed by atoms with Crippen LogP contribution in [0.1, 0.15) is 30.9 Å². The van der Waals surface area contributed by atoms with Crippen LogP contribution in [0.2, 0.25) is 0 Å². The average Bonchev–Trinajstić information content (AvgIpc) is 3.04. The highest BCUT2D eigenvalue weighted by Gasteiger charge is 2.31. The van der Waals surface area contributed by atoms with E-state index in [0.29, 0.717) is 10.8 Å². The van der Waals surface area contributed by atoms with E-state index in [2.05, 4.69) is 4.72 Å². The zero-order valence-electron chi connectivity index (χ0n) is 10.5. The Morgan fingerprint density at radius 1 is 1.24 bits per heavy atom. The Morgan fingerprint density at radius 2 is 1.88 bits per heavy atom. The molecule has 1 aromatic carbocycles. The molecule has 0 amide bonds. The molecule has 0 saturated heterocycles. The molecule has 1 aromatic rings. The molecule has 1 N–H and O–H groups in total. The Morgan fingerprint density at radius 3 is 2.41 bits per heavy atom. The van der Waals surface area contributed by atoms with Crippen LogP contribution in [-0.4, -0.2) is 14.5 Å². The lowest BCUT2D eigenvalue weighted by Gasteiger charge is -2.14. The minimum atomic E-state index is -3.35. The molecule has 0 heterocycles. The molecule has 0 spiro atoms. The normalized spacial score (nSPS) is 18.1. The molecule has 1 atom stereocenters. The number of sulfonamides is 1. The van der Waals surface area contributed by atoms with Crippen molar-refractivity contribution in [1.82, 2.24) is 4.72 Å². The molecule has 1 aliphatic carbocycles. The predicted octanol–water partition coefficient (Wildman–Crippen LogP) is 2.38. The van der Waals surface area contributed by atoms with Gasteiger partial charge in [0.25, 0.3) is 0 Å². The summed E-state index contributed by atoms with van der Waals surface area (Å²) >= 11 is 0. The summed E-state index contributed by atoms with van der Waals surface area (Å²) in [7, 11) is -3.35. The van der Waals surface area contributed by atoms with Gasteiger partial charge in [-0.05, 0) is 62.8 Å². The summed E-state index contributed by atoms with van der Waals surface area (Å²) in [5, 5.41) is 0. The van der Waals surface area contributed by atoms with Crippen molar-refractivity contribution in [1.29, 1.82) is 0 Å². The van der Waals surface area contributed by atoms with Crippen molar-refractivity contribution in [3.63, 3.8) is 0 Å². The molecule has 4 heteroatoms. The number of rotatable bonds is 4. The van der Waals surface area contributed by atoms with E-state index >= 15 is 0 Å². The maximum absolute atomic E-state index is 12.1. The van der Waals surface area contributed by atoms with E-state index in [0.717, 1.165) is 24.0 Å². The Bertz CT molecular complexity index is 518. The average molecular weight is 253 g/mol. The van der Waals surface area contributed by atoms with Gasteiger partial charge >= 0.3 is 0 Å². The lowest BCUT2D eigenvalue weighted by atomic mass is 10.1. The summed E-state index contributed by atoms with van der Waals surface area (Å²) < 4.78 is 27.0. The van der Waals surface area contributed by atoms with Crippen LogP contribution in [0.3, 0.4) is 0 Å². The minimum absolute atomic E-state index is 0.0432. The maximum atomic E-state index is 12.1. The van der Waals surface area contributed by atoms with Crippen LogP contribution in [0.15, 0.2) is 23.1 Å². The minimum Gasteiger partial charge on any atom is -0.208 e. The van der Waals surface area contributed by atoms with Crippen LogP contribution < -0.4 is 4.72 Å². The number of hydrogen-bond acceptors (Lipinski definition) is 2. The monoisotopic (exact) mass is 253 g/mol. The highest BCUT2D eigenvalue weighted by atomic mass is 32.2. The van der Waals surface area contributed by atoms with Crippen LogP contribution >= 0.6 is 0 Å². The van der Waals surface area contributed by atoms with Gasteiger partial charge in [0.15, 0.2) is 0 Å². The van der Waals surface area contributed by atoms with Gasteiger partial charge in [0.1, 0.15) is 0 Å². The zero-order chi connectivity index (χ0) is 12.6. The van der Waals surface area contributed by atoms with Gasteiger partial charge in [0, 0.05) is 6.04 Å². The third-order valence-electron chi connectivity index (χ3n) is 3.46. The lowest BCUT2D eigenvalue weighted by molar-refractivity contribution is 0.538. The standard InChI is InChI=1S/C13H19NO2S/c1-9-4-7-13(8-10(9)2)17(15,16)14-11(3)12-5-6-12/h4,7-8,11-12,14H,5-6H2,1-3H3/t11-/m0/s1. The van der Waals surface area contributed by atoms with Crippen molar-refractivity contribution in [2.45, 2.75) is 44.6 Å². The lowest BCUT2D eigenvalue weighted by Crippen LogP contribution is -2.34. The summed E-state index contributed by atoms with van der Waals surface area (Å²) in [5.41, 5.74) is 2.12. The smallest absolute Gasteiger partial charge is 0.208 e. The highest BCUT2D eigenvalue weighted by molar-refractivity contribution is 7.89. The second kappa shape index (κ2) is 4.42. The summed E-state index contributed by atoms with van der Waals surface area (Å²) in [4.78, 5) is 0.369. The molecule has 0 aromatic heterocycles. The van der Waals surface area contributed by atoms with Crippen molar-refractivity contribution >= 4 is 10.0 Å². The summed E-state index contributed by atoms with van der Waals surface area (Å²) in [6, 6.07) is 5.30. The van der Waals surface area contributed by atoms with E-state index in [4.69, 9.17) is 0 Å². The Labute approximate surface area is 103 Å². The second-order valence-electron chi connectivity index (χ2n) is 4.99. The molecule has 0 aliphatic heterocycles. The molecular formula is C13H19NO2S. The molecule has 94 valence electrons. The van der Waals surface area contributed by atoms with Crippen LogP contribution in [0.5, 0.6) is 0 Å². The van der Waals surface area contributed by atoms with Gasteiger partial charge in [-0.15, -0.1) is 0 Å². The largest absolute Gasteiger partial charge is 0.240 e. The van der Waals surface area contributed by atoms with Crippen LogP contribution in [0.4, 0.5) is 0 Å². The summed E-state index contributed by atoms with van der Waals surface area (Å²) in [6.07, 6.45) is 2.27. The molecule has 2 rings (SSSR count). The van der Waals surface area contributed by atoms with Gasteiger partial charge in [-0.25, -0.2) is 13.1 Å². The Kier molecular flexibility index (Phi) is 3.27. The van der Waals surface area contributed by atoms with Gasteiger partial charge in [-0.2, -0.15) is 0 Å². The molecule has 17 heavy (non-hydrogen) atoms. The molecule has 0 radical (unpaired) electrons. The highest BCUT2D eigenvalue weighted by Crippen LogP contribution is 2.33. The SMILES string of the molecule is Cc1ccc(S(=O)(=O)N[C@@H](C)C2CC2)cc1C. The van der Waals surface area contributed by atoms with E-state index in [1.807, 2.05) is 26.8 Å². The Hall–Kier alpha value is -0.870. The number of aryl methyl sites for hydroxylation is 2. The van der Waals surface area contributed by atoms with Crippen molar-refractivity contribution in [3.05, 3.63) is 29.3 Å². The van der Waals surface area contributed by atoms with E-state index in [1.165, 1.54) is 0 Å². The quantitative estimate of drug-likeness (QED) is 0.895. The van der Waals surface area contributed by atoms with Gasteiger partial charge < -0.3 is 0 Å². The topological polar surface area (TPSA) is 46.2 Å². The molecule has 3 nitrogen and oxygen atoms in total. The van der Waals surface area contributed by atoms with E-state index < -0.39 is 10.0 Å². The first kappa shape index (κ1) is 12.6. The molecule has 1 fully saturated rings. The molecule has 0 unspecified atom stereocenters. The van der Waals surface area contributed by atoms with Crippen LogP contribution in [-0.2, 0) is 10.0 Å².